The fraction of sp³-hybridized carbons (Fsp3) is 0.579. The van der Waals surface area contributed by atoms with Crippen LogP contribution < -0.4 is 5.32 Å². The van der Waals surface area contributed by atoms with E-state index in [1.54, 1.807) is 7.05 Å². The molecule has 2 aromatic rings. The molecular weight excluding hydrogens is 364 g/mol. The molecule has 6 rings (SSSR count). The van der Waals surface area contributed by atoms with Crippen LogP contribution in [0.2, 0.25) is 0 Å². The Hall–Kier alpha value is -2.22. The number of hydrogen-bond donors (Lipinski definition) is 2. The van der Waals surface area contributed by atoms with Crippen molar-refractivity contribution in [3.63, 3.8) is 0 Å². The minimum Gasteiger partial charge on any atom is -0.478 e. The standard InChI is InChI=1S/C19H22N4O3S/c1-23-15(13(8-20-23)17(25)26)16(24)22-18-21-14(9-27-18)19-5-10-2-11(6-19)4-12(3-10)7-19/h8-12H,2-7H2,1H3,(H,25,26)(H,21,22,24). The number of hydrogen-bond acceptors (Lipinski definition) is 5. The van der Waals surface area contributed by atoms with Gasteiger partial charge in [0.2, 0.25) is 0 Å². The zero-order chi connectivity index (χ0) is 18.8. The van der Waals surface area contributed by atoms with Gasteiger partial charge >= 0.3 is 5.97 Å². The predicted molar refractivity (Wildman–Crippen MR) is 100 cm³/mol. The lowest BCUT2D eigenvalue weighted by atomic mass is 9.49. The highest BCUT2D eigenvalue weighted by molar-refractivity contribution is 7.14. The average molecular weight is 386 g/mol. The van der Waals surface area contributed by atoms with E-state index < -0.39 is 11.9 Å². The number of amides is 1. The Balaban J connectivity index is 1.38. The van der Waals surface area contributed by atoms with Crippen molar-refractivity contribution in [3.8, 4) is 0 Å². The first-order chi connectivity index (χ1) is 12.9. The van der Waals surface area contributed by atoms with Crippen LogP contribution in [0.5, 0.6) is 0 Å². The van der Waals surface area contributed by atoms with Crippen molar-refractivity contribution in [2.45, 2.75) is 43.9 Å². The highest BCUT2D eigenvalue weighted by Crippen LogP contribution is 2.60. The number of aromatic carboxylic acids is 1. The lowest BCUT2D eigenvalue weighted by Gasteiger charge is -2.56. The van der Waals surface area contributed by atoms with Crippen LogP contribution in [0.25, 0.3) is 0 Å². The maximum Gasteiger partial charge on any atom is 0.339 e. The monoisotopic (exact) mass is 386 g/mol. The zero-order valence-electron chi connectivity index (χ0n) is 15.1. The van der Waals surface area contributed by atoms with Gasteiger partial charge in [-0.15, -0.1) is 11.3 Å². The van der Waals surface area contributed by atoms with Crippen molar-refractivity contribution in [1.82, 2.24) is 14.8 Å². The molecule has 0 saturated heterocycles. The first-order valence-corrected chi connectivity index (χ1v) is 10.3. The number of aromatic nitrogens is 3. The Morgan fingerprint density at radius 2 is 1.85 bits per heavy atom. The maximum atomic E-state index is 12.6. The van der Waals surface area contributed by atoms with Crippen LogP contribution in [0, 0.1) is 17.8 Å². The van der Waals surface area contributed by atoms with Crippen molar-refractivity contribution < 1.29 is 14.7 Å². The molecule has 7 nitrogen and oxygen atoms in total. The van der Waals surface area contributed by atoms with Gasteiger partial charge in [0, 0.05) is 17.8 Å². The second kappa shape index (κ2) is 5.89. The number of carboxylic acid groups (broad SMARTS) is 1. The molecule has 27 heavy (non-hydrogen) atoms. The Bertz CT molecular complexity index is 896. The van der Waals surface area contributed by atoms with E-state index in [4.69, 9.17) is 4.98 Å². The molecular formula is C19H22N4O3S. The van der Waals surface area contributed by atoms with Gasteiger partial charge in [-0.25, -0.2) is 9.78 Å². The van der Waals surface area contributed by atoms with E-state index in [0.717, 1.165) is 23.4 Å². The third-order valence-corrected chi connectivity index (χ3v) is 7.45. The smallest absolute Gasteiger partial charge is 0.339 e. The molecule has 4 saturated carbocycles. The fourth-order valence-electron chi connectivity index (χ4n) is 6.02. The van der Waals surface area contributed by atoms with Crippen LogP contribution in [0.4, 0.5) is 5.13 Å². The van der Waals surface area contributed by atoms with Gasteiger partial charge in [-0.05, 0) is 56.3 Å². The summed E-state index contributed by atoms with van der Waals surface area (Å²) in [5.74, 6) is 0.858. The second-order valence-corrected chi connectivity index (χ2v) is 9.38. The summed E-state index contributed by atoms with van der Waals surface area (Å²) in [5.41, 5.74) is 1.24. The first kappa shape index (κ1) is 16.9. The number of nitrogens with one attached hydrogen (secondary N) is 1. The second-order valence-electron chi connectivity index (χ2n) is 8.53. The van der Waals surface area contributed by atoms with E-state index in [2.05, 4.69) is 15.8 Å². The molecule has 2 N–H and O–H groups in total. The molecule has 2 heterocycles. The van der Waals surface area contributed by atoms with E-state index in [1.807, 2.05) is 0 Å². The molecule has 142 valence electrons. The van der Waals surface area contributed by atoms with Gasteiger partial charge in [-0.1, -0.05) is 0 Å². The first-order valence-electron chi connectivity index (χ1n) is 9.46. The summed E-state index contributed by atoms with van der Waals surface area (Å²) in [6, 6.07) is 0. The van der Waals surface area contributed by atoms with Gasteiger partial charge in [-0.2, -0.15) is 5.10 Å². The molecule has 0 spiro atoms. The average Bonchev–Trinajstić information content (AvgIpc) is 3.20. The summed E-state index contributed by atoms with van der Waals surface area (Å²) < 4.78 is 1.28. The van der Waals surface area contributed by atoms with E-state index in [9.17, 15) is 14.7 Å². The zero-order valence-corrected chi connectivity index (χ0v) is 16.0. The molecule has 4 aliphatic rings. The molecule has 0 aliphatic heterocycles. The minimum absolute atomic E-state index is 0.0362. The topological polar surface area (TPSA) is 97.1 Å². The van der Waals surface area contributed by atoms with Crippen LogP contribution in [0.1, 0.15) is 65.1 Å². The van der Waals surface area contributed by atoms with Crippen molar-refractivity contribution in [3.05, 3.63) is 28.5 Å². The third kappa shape index (κ3) is 2.69. The van der Waals surface area contributed by atoms with Crippen LogP contribution in [0.15, 0.2) is 11.6 Å². The summed E-state index contributed by atoms with van der Waals surface area (Å²) in [5, 5.41) is 18.5. The summed E-state index contributed by atoms with van der Waals surface area (Å²) >= 11 is 1.42. The highest BCUT2D eigenvalue weighted by Gasteiger charge is 2.52. The van der Waals surface area contributed by atoms with Gasteiger partial charge in [0.15, 0.2) is 5.13 Å². The summed E-state index contributed by atoms with van der Waals surface area (Å²) in [6.45, 7) is 0. The molecule has 4 fully saturated rings. The van der Waals surface area contributed by atoms with E-state index >= 15 is 0 Å². The van der Waals surface area contributed by atoms with Gasteiger partial charge < -0.3 is 5.11 Å². The number of anilines is 1. The number of nitrogens with zero attached hydrogens (tertiary/aromatic N) is 3. The Morgan fingerprint density at radius 1 is 1.22 bits per heavy atom. The number of carbonyl (C=O) groups excluding carboxylic acids is 1. The van der Waals surface area contributed by atoms with Crippen LogP contribution in [0.3, 0.4) is 0 Å². The Kier molecular flexibility index (Phi) is 3.69. The van der Waals surface area contributed by atoms with Crippen molar-refractivity contribution in [1.29, 1.82) is 0 Å². The molecule has 4 aliphatic carbocycles. The van der Waals surface area contributed by atoms with Crippen molar-refractivity contribution >= 4 is 28.3 Å². The van der Waals surface area contributed by atoms with Gasteiger partial charge in [0.05, 0.1) is 11.9 Å². The highest BCUT2D eigenvalue weighted by atomic mass is 32.1. The molecule has 0 unspecified atom stereocenters. The number of carbonyl (C=O) groups is 2. The molecule has 2 aromatic heterocycles. The summed E-state index contributed by atoms with van der Waals surface area (Å²) in [4.78, 5) is 28.7. The van der Waals surface area contributed by atoms with Crippen LogP contribution in [-0.4, -0.2) is 31.7 Å². The van der Waals surface area contributed by atoms with E-state index in [-0.39, 0.29) is 16.7 Å². The van der Waals surface area contributed by atoms with Crippen LogP contribution >= 0.6 is 11.3 Å². The van der Waals surface area contributed by atoms with Crippen LogP contribution in [-0.2, 0) is 12.5 Å². The molecule has 0 aromatic carbocycles. The number of carboxylic acids is 1. The third-order valence-electron chi connectivity index (χ3n) is 6.69. The lowest BCUT2D eigenvalue weighted by Crippen LogP contribution is -2.48. The fourth-order valence-corrected chi connectivity index (χ4v) is 6.85. The molecule has 1 amide bonds. The van der Waals surface area contributed by atoms with Crippen molar-refractivity contribution in [2.75, 3.05) is 5.32 Å². The Morgan fingerprint density at radius 3 is 2.44 bits per heavy atom. The Labute approximate surface area is 160 Å². The quantitative estimate of drug-likeness (QED) is 0.840. The van der Waals surface area contributed by atoms with E-state index in [1.165, 1.54) is 60.7 Å². The minimum atomic E-state index is -1.17. The summed E-state index contributed by atoms with van der Waals surface area (Å²) in [6.07, 6.45) is 9.01. The number of thiazole rings is 1. The molecule has 0 atom stereocenters. The predicted octanol–water partition coefficient (Wildman–Crippen LogP) is 3.29. The van der Waals surface area contributed by atoms with Gasteiger partial charge in [0.1, 0.15) is 11.3 Å². The van der Waals surface area contributed by atoms with E-state index in [0.29, 0.717) is 5.13 Å². The molecule has 8 heteroatoms. The van der Waals surface area contributed by atoms with Gasteiger partial charge in [-0.3, -0.25) is 14.8 Å². The molecule has 0 radical (unpaired) electrons. The maximum absolute atomic E-state index is 12.6. The lowest BCUT2D eigenvalue weighted by molar-refractivity contribution is -0.00688. The number of aryl methyl sites for hydroxylation is 1. The normalized spacial score (nSPS) is 31.2. The molecule has 4 bridgehead atoms. The largest absolute Gasteiger partial charge is 0.478 e. The van der Waals surface area contributed by atoms with Crippen molar-refractivity contribution in [2.24, 2.45) is 24.8 Å². The number of rotatable bonds is 4. The SMILES string of the molecule is Cn1ncc(C(=O)O)c1C(=O)Nc1nc(C23CC4CC(CC(C4)C2)C3)cs1. The summed E-state index contributed by atoms with van der Waals surface area (Å²) in [7, 11) is 1.56. The van der Waals surface area contributed by atoms with Gasteiger partial charge in [0.25, 0.3) is 5.91 Å².